The molecule has 1 saturated carbocycles. The molecule has 1 N–H and O–H groups in total. The molecule has 20 heavy (non-hydrogen) atoms. The van der Waals surface area contributed by atoms with Gasteiger partial charge in [-0.1, -0.05) is 19.8 Å². The average Bonchev–Trinajstić information content (AvgIpc) is 2.95. The molecule has 4 heteroatoms. The van der Waals surface area contributed by atoms with Crippen LogP contribution in [0.15, 0.2) is 4.99 Å². The van der Waals surface area contributed by atoms with E-state index in [4.69, 9.17) is 4.74 Å². The minimum Gasteiger partial charge on any atom is -0.376 e. The maximum atomic E-state index is 5.65. The molecular weight excluding hydrogens is 250 g/mol. The quantitative estimate of drug-likeness (QED) is 0.635. The highest BCUT2D eigenvalue weighted by atomic mass is 16.5. The monoisotopic (exact) mass is 281 g/mol. The van der Waals surface area contributed by atoms with E-state index in [-0.39, 0.29) is 0 Å². The third-order valence-corrected chi connectivity index (χ3v) is 4.75. The molecule has 0 aromatic heterocycles. The molecule has 2 fully saturated rings. The van der Waals surface area contributed by atoms with Gasteiger partial charge in [-0.25, -0.2) is 0 Å². The molecule has 0 bridgehead atoms. The van der Waals surface area contributed by atoms with E-state index in [1.54, 1.807) is 0 Å². The van der Waals surface area contributed by atoms with Gasteiger partial charge in [-0.15, -0.1) is 0 Å². The van der Waals surface area contributed by atoms with Gasteiger partial charge in [0.15, 0.2) is 5.96 Å². The van der Waals surface area contributed by atoms with Gasteiger partial charge in [0, 0.05) is 33.8 Å². The van der Waals surface area contributed by atoms with Crippen LogP contribution < -0.4 is 5.32 Å². The van der Waals surface area contributed by atoms with E-state index >= 15 is 0 Å². The fourth-order valence-corrected chi connectivity index (χ4v) is 3.38. The van der Waals surface area contributed by atoms with Crippen molar-refractivity contribution in [3.05, 3.63) is 0 Å². The third-order valence-electron chi connectivity index (χ3n) is 4.75. The summed E-state index contributed by atoms with van der Waals surface area (Å²) < 4.78 is 5.65. The van der Waals surface area contributed by atoms with Gasteiger partial charge in [0.05, 0.1) is 6.10 Å². The van der Waals surface area contributed by atoms with Gasteiger partial charge in [-0.3, -0.25) is 4.99 Å². The summed E-state index contributed by atoms with van der Waals surface area (Å²) in [5.41, 5.74) is 0. The molecule has 1 atom stereocenters. The van der Waals surface area contributed by atoms with Crippen LogP contribution in [0.1, 0.15) is 45.4 Å². The standard InChI is InChI=1S/C16H31N3O/c1-13-6-8-14(9-7-13)12-19(3)16(17-2)18-11-15-5-4-10-20-15/h13-15H,4-12H2,1-3H3,(H,17,18). The molecule has 0 amide bonds. The van der Waals surface area contributed by atoms with Gasteiger partial charge in [-0.2, -0.15) is 0 Å². The first-order chi connectivity index (χ1) is 9.69. The van der Waals surface area contributed by atoms with Crippen LogP contribution in [0.25, 0.3) is 0 Å². The summed E-state index contributed by atoms with van der Waals surface area (Å²) in [6.07, 6.45) is 8.26. The fraction of sp³-hybridized carbons (Fsp3) is 0.938. The van der Waals surface area contributed by atoms with Crippen LogP contribution in [-0.2, 0) is 4.74 Å². The Morgan fingerprint density at radius 3 is 2.60 bits per heavy atom. The molecule has 0 radical (unpaired) electrons. The third kappa shape index (κ3) is 4.65. The summed E-state index contributed by atoms with van der Waals surface area (Å²) in [7, 11) is 4.03. The van der Waals surface area contributed by atoms with Crippen molar-refractivity contribution in [3.8, 4) is 0 Å². The van der Waals surface area contributed by atoms with E-state index in [1.807, 2.05) is 7.05 Å². The molecule has 2 aliphatic rings. The lowest BCUT2D eigenvalue weighted by atomic mass is 9.83. The maximum absolute atomic E-state index is 5.65. The lowest BCUT2D eigenvalue weighted by molar-refractivity contribution is 0.113. The Kier molecular flexibility index (Phi) is 6.14. The molecule has 1 saturated heterocycles. The van der Waals surface area contributed by atoms with Crippen molar-refractivity contribution in [1.82, 2.24) is 10.2 Å². The first-order valence-electron chi connectivity index (χ1n) is 8.22. The van der Waals surface area contributed by atoms with E-state index in [2.05, 4.69) is 29.2 Å². The number of nitrogens with one attached hydrogen (secondary N) is 1. The molecule has 1 aliphatic carbocycles. The normalized spacial score (nSPS) is 31.4. The number of aliphatic imine (C=N–C) groups is 1. The van der Waals surface area contributed by atoms with E-state index in [1.165, 1.54) is 38.5 Å². The van der Waals surface area contributed by atoms with Gasteiger partial charge >= 0.3 is 0 Å². The van der Waals surface area contributed by atoms with Crippen molar-refractivity contribution in [2.45, 2.75) is 51.6 Å². The zero-order chi connectivity index (χ0) is 14.4. The van der Waals surface area contributed by atoms with Crippen molar-refractivity contribution in [3.63, 3.8) is 0 Å². The summed E-state index contributed by atoms with van der Waals surface area (Å²) in [5, 5.41) is 3.46. The summed E-state index contributed by atoms with van der Waals surface area (Å²) in [6, 6.07) is 0. The average molecular weight is 281 g/mol. The van der Waals surface area contributed by atoms with Gasteiger partial charge in [0.1, 0.15) is 0 Å². The van der Waals surface area contributed by atoms with Gasteiger partial charge in [-0.05, 0) is 37.5 Å². The second-order valence-electron chi connectivity index (χ2n) is 6.57. The Balaban J connectivity index is 1.72. The first kappa shape index (κ1) is 15.6. The van der Waals surface area contributed by atoms with Crippen molar-refractivity contribution in [2.24, 2.45) is 16.8 Å². The fourth-order valence-electron chi connectivity index (χ4n) is 3.38. The Morgan fingerprint density at radius 1 is 1.25 bits per heavy atom. The molecule has 1 heterocycles. The van der Waals surface area contributed by atoms with Crippen LogP contribution in [-0.4, -0.2) is 50.8 Å². The van der Waals surface area contributed by atoms with Crippen LogP contribution in [0.4, 0.5) is 0 Å². The molecule has 0 spiro atoms. The lowest BCUT2D eigenvalue weighted by Gasteiger charge is -2.31. The van der Waals surface area contributed by atoms with Crippen molar-refractivity contribution in [1.29, 1.82) is 0 Å². The molecule has 4 nitrogen and oxygen atoms in total. The predicted octanol–water partition coefficient (Wildman–Crippen LogP) is 2.50. The lowest BCUT2D eigenvalue weighted by Crippen LogP contribution is -2.44. The molecule has 0 aromatic carbocycles. The smallest absolute Gasteiger partial charge is 0.193 e. The summed E-state index contributed by atoms with van der Waals surface area (Å²) in [5.74, 6) is 2.77. The minimum atomic E-state index is 0.371. The highest BCUT2D eigenvalue weighted by molar-refractivity contribution is 5.79. The predicted molar refractivity (Wildman–Crippen MR) is 84.1 cm³/mol. The summed E-state index contributed by atoms with van der Waals surface area (Å²) in [6.45, 7) is 5.31. The Bertz CT molecular complexity index is 305. The van der Waals surface area contributed by atoms with Crippen LogP contribution in [0.3, 0.4) is 0 Å². The molecule has 2 rings (SSSR count). The minimum absolute atomic E-state index is 0.371. The topological polar surface area (TPSA) is 36.9 Å². The van der Waals surface area contributed by atoms with Gasteiger partial charge < -0.3 is 15.0 Å². The highest BCUT2D eigenvalue weighted by Crippen LogP contribution is 2.28. The number of hydrogen-bond acceptors (Lipinski definition) is 2. The Morgan fingerprint density at radius 2 is 2.00 bits per heavy atom. The number of nitrogens with zero attached hydrogens (tertiary/aromatic N) is 2. The zero-order valence-corrected chi connectivity index (χ0v) is 13.4. The van der Waals surface area contributed by atoms with Crippen LogP contribution >= 0.6 is 0 Å². The second-order valence-corrected chi connectivity index (χ2v) is 6.57. The Hall–Kier alpha value is -0.770. The van der Waals surface area contributed by atoms with E-state index in [0.29, 0.717) is 6.10 Å². The van der Waals surface area contributed by atoms with E-state index < -0.39 is 0 Å². The highest BCUT2D eigenvalue weighted by Gasteiger charge is 2.21. The molecular formula is C16H31N3O. The van der Waals surface area contributed by atoms with Crippen LogP contribution in [0.5, 0.6) is 0 Å². The number of ether oxygens (including phenoxy) is 1. The number of hydrogen-bond donors (Lipinski definition) is 1. The van der Waals surface area contributed by atoms with Crippen LogP contribution in [0.2, 0.25) is 0 Å². The summed E-state index contributed by atoms with van der Waals surface area (Å²) >= 11 is 0. The van der Waals surface area contributed by atoms with Gasteiger partial charge in [0.2, 0.25) is 0 Å². The second kappa shape index (κ2) is 7.87. The van der Waals surface area contributed by atoms with Gasteiger partial charge in [0.25, 0.3) is 0 Å². The van der Waals surface area contributed by atoms with E-state index in [9.17, 15) is 0 Å². The van der Waals surface area contributed by atoms with Crippen molar-refractivity contribution in [2.75, 3.05) is 33.8 Å². The molecule has 116 valence electrons. The molecule has 1 aliphatic heterocycles. The Labute approximate surface area is 124 Å². The summed E-state index contributed by atoms with van der Waals surface area (Å²) in [4.78, 5) is 6.69. The van der Waals surface area contributed by atoms with Crippen molar-refractivity contribution >= 4 is 5.96 Å². The molecule has 1 unspecified atom stereocenters. The number of guanidine groups is 1. The van der Waals surface area contributed by atoms with Crippen molar-refractivity contribution < 1.29 is 4.74 Å². The number of rotatable bonds is 4. The molecule has 0 aromatic rings. The zero-order valence-electron chi connectivity index (χ0n) is 13.4. The first-order valence-corrected chi connectivity index (χ1v) is 8.22. The van der Waals surface area contributed by atoms with Crippen LogP contribution in [0, 0.1) is 11.8 Å². The largest absolute Gasteiger partial charge is 0.376 e. The SMILES string of the molecule is CN=C(NCC1CCCO1)N(C)CC1CCC(C)CC1. The maximum Gasteiger partial charge on any atom is 0.193 e. The van der Waals surface area contributed by atoms with E-state index in [0.717, 1.165) is 37.5 Å².